The summed E-state index contributed by atoms with van der Waals surface area (Å²) >= 11 is 6.12. The van der Waals surface area contributed by atoms with Crippen LogP contribution < -0.4 is 5.73 Å². The van der Waals surface area contributed by atoms with E-state index in [1.807, 2.05) is 22.8 Å². The van der Waals surface area contributed by atoms with Crippen LogP contribution in [0.2, 0.25) is 5.02 Å². The summed E-state index contributed by atoms with van der Waals surface area (Å²) in [7, 11) is 0. The molecule has 5 heteroatoms. The van der Waals surface area contributed by atoms with E-state index in [9.17, 15) is 0 Å². The Hall–Kier alpha value is -1.26. The van der Waals surface area contributed by atoms with E-state index in [-0.39, 0.29) is 12.1 Å². The Kier molecular flexibility index (Phi) is 2.49. The van der Waals surface area contributed by atoms with Crippen molar-refractivity contribution in [2.45, 2.75) is 25.5 Å². The van der Waals surface area contributed by atoms with Crippen LogP contribution >= 0.6 is 11.6 Å². The maximum atomic E-state index is 6.12. The average molecular weight is 252 g/mol. The minimum absolute atomic E-state index is 0.161. The Morgan fingerprint density at radius 1 is 1.53 bits per heavy atom. The van der Waals surface area contributed by atoms with Gasteiger partial charge in [-0.15, -0.1) is 0 Å². The van der Waals surface area contributed by atoms with Crippen LogP contribution in [-0.4, -0.2) is 22.3 Å². The molecule has 17 heavy (non-hydrogen) atoms. The smallest absolute Gasteiger partial charge is 0.201 e. The van der Waals surface area contributed by atoms with E-state index >= 15 is 0 Å². The number of para-hydroxylation sites is 1. The number of nitrogens with zero attached hydrogens (tertiary/aromatic N) is 2. The van der Waals surface area contributed by atoms with Gasteiger partial charge in [-0.05, 0) is 25.5 Å². The molecule has 1 aromatic carbocycles. The largest absolute Gasteiger partial charge is 0.376 e. The summed E-state index contributed by atoms with van der Waals surface area (Å²) in [6.45, 7) is 2.83. The predicted octanol–water partition coefficient (Wildman–Crippen LogP) is 2.62. The van der Waals surface area contributed by atoms with Crippen molar-refractivity contribution in [3.63, 3.8) is 0 Å². The molecular formula is C12H14ClN3O. The number of hydrogen-bond acceptors (Lipinski definition) is 3. The molecule has 2 unspecified atom stereocenters. The lowest BCUT2D eigenvalue weighted by molar-refractivity contribution is 0.109. The third-order valence-corrected chi connectivity index (χ3v) is 3.67. The molecule has 1 fully saturated rings. The predicted molar refractivity (Wildman–Crippen MR) is 68.2 cm³/mol. The SMILES string of the molecule is CC1OCCC1n1c(N)nc2c(Cl)cccc21. The van der Waals surface area contributed by atoms with Crippen molar-refractivity contribution in [2.24, 2.45) is 0 Å². The van der Waals surface area contributed by atoms with E-state index < -0.39 is 0 Å². The van der Waals surface area contributed by atoms with Crippen LogP contribution in [0.15, 0.2) is 18.2 Å². The van der Waals surface area contributed by atoms with Crippen LogP contribution in [0, 0.1) is 0 Å². The van der Waals surface area contributed by atoms with E-state index in [1.54, 1.807) is 0 Å². The summed E-state index contributed by atoms with van der Waals surface area (Å²) < 4.78 is 7.63. The Morgan fingerprint density at radius 3 is 3.06 bits per heavy atom. The number of anilines is 1. The Morgan fingerprint density at radius 2 is 2.35 bits per heavy atom. The number of nitrogens with two attached hydrogens (primary N) is 1. The van der Waals surface area contributed by atoms with Gasteiger partial charge < -0.3 is 15.0 Å². The fourth-order valence-corrected chi connectivity index (χ4v) is 2.72. The highest BCUT2D eigenvalue weighted by Gasteiger charge is 2.29. The molecule has 2 heterocycles. The van der Waals surface area contributed by atoms with E-state index in [0.717, 1.165) is 24.1 Å². The summed E-state index contributed by atoms with van der Waals surface area (Å²) in [5.41, 5.74) is 7.75. The average Bonchev–Trinajstić information content (AvgIpc) is 2.83. The number of nitrogen functional groups attached to an aromatic ring is 1. The number of benzene rings is 1. The number of rotatable bonds is 1. The summed E-state index contributed by atoms with van der Waals surface area (Å²) in [6, 6.07) is 5.99. The zero-order chi connectivity index (χ0) is 12.0. The summed E-state index contributed by atoms with van der Waals surface area (Å²) in [4.78, 5) is 4.34. The minimum Gasteiger partial charge on any atom is -0.376 e. The maximum absolute atomic E-state index is 6.12. The molecule has 1 aliphatic rings. The Labute approximate surface area is 104 Å². The van der Waals surface area contributed by atoms with Crippen LogP contribution in [0.4, 0.5) is 5.95 Å². The molecule has 0 bridgehead atoms. The Balaban J connectivity index is 2.22. The first-order chi connectivity index (χ1) is 8.18. The van der Waals surface area contributed by atoms with Crippen LogP contribution in [0.25, 0.3) is 11.0 Å². The molecule has 2 aromatic rings. The second kappa shape index (κ2) is 3.89. The molecule has 0 spiro atoms. The molecule has 0 aliphatic carbocycles. The molecule has 0 radical (unpaired) electrons. The molecule has 0 amide bonds. The maximum Gasteiger partial charge on any atom is 0.201 e. The molecule has 3 rings (SSSR count). The summed E-state index contributed by atoms with van der Waals surface area (Å²) in [6.07, 6.45) is 1.12. The van der Waals surface area contributed by atoms with Gasteiger partial charge in [0.1, 0.15) is 5.52 Å². The van der Waals surface area contributed by atoms with Crippen LogP contribution in [0.1, 0.15) is 19.4 Å². The van der Waals surface area contributed by atoms with E-state index in [2.05, 4.69) is 11.9 Å². The molecule has 1 aliphatic heterocycles. The summed E-state index contributed by atoms with van der Waals surface area (Å²) in [5, 5.41) is 0.638. The highest BCUT2D eigenvalue weighted by Crippen LogP contribution is 2.33. The number of halogens is 1. The highest BCUT2D eigenvalue weighted by atomic mass is 35.5. The monoisotopic (exact) mass is 251 g/mol. The lowest BCUT2D eigenvalue weighted by Gasteiger charge is -2.18. The summed E-state index contributed by atoms with van der Waals surface area (Å²) in [5.74, 6) is 0.510. The molecule has 2 N–H and O–H groups in total. The van der Waals surface area contributed by atoms with Gasteiger partial charge >= 0.3 is 0 Å². The standard InChI is InChI=1S/C12H14ClN3O/c1-7-9(5-6-17-7)16-10-4-2-3-8(13)11(10)15-12(16)14/h2-4,7,9H,5-6H2,1H3,(H2,14,15). The number of aromatic nitrogens is 2. The van der Waals surface area contributed by atoms with Gasteiger partial charge in [0.05, 0.1) is 22.7 Å². The van der Waals surface area contributed by atoms with Gasteiger partial charge in [-0.25, -0.2) is 4.98 Å². The first kappa shape index (κ1) is 10.9. The van der Waals surface area contributed by atoms with Crippen molar-refractivity contribution in [1.82, 2.24) is 9.55 Å². The van der Waals surface area contributed by atoms with Crippen LogP contribution in [0.5, 0.6) is 0 Å². The number of hydrogen-bond donors (Lipinski definition) is 1. The fraction of sp³-hybridized carbons (Fsp3) is 0.417. The van der Waals surface area contributed by atoms with Crippen molar-refractivity contribution in [1.29, 1.82) is 0 Å². The lowest BCUT2D eigenvalue weighted by Crippen LogP contribution is -2.18. The number of ether oxygens (including phenoxy) is 1. The van der Waals surface area contributed by atoms with E-state index in [0.29, 0.717) is 11.0 Å². The van der Waals surface area contributed by atoms with Gasteiger partial charge in [-0.2, -0.15) is 0 Å². The molecule has 1 aromatic heterocycles. The fourth-order valence-electron chi connectivity index (χ4n) is 2.51. The van der Waals surface area contributed by atoms with Gasteiger partial charge in [0, 0.05) is 6.61 Å². The second-order valence-corrected chi connectivity index (χ2v) is 4.79. The van der Waals surface area contributed by atoms with Crippen molar-refractivity contribution in [2.75, 3.05) is 12.3 Å². The first-order valence-electron chi connectivity index (χ1n) is 5.72. The Bertz CT molecular complexity index is 566. The molecule has 1 saturated heterocycles. The zero-order valence-electron chi connectivity index (χ0n) is 9.56. The molecule has 2 atom stereocenters. The van der Waals surface area contributed by atoms with E-state index in [4.69, 9.17) is 22.1 Å². The minimum atomic E-state index is 0.161. The van der Waals surface area contributed by atoms with Gasteiger partial charge in [0.15, 0.2) is 0 Å². The molecule has 90 valence electrons. The van der Waals surface area contributed by atoms with Crippen LogP contribution in [-0.2, 0) is 4.74 Å². The third-order valence-electron chi connectivity index (χ3n) is 3.37. The highest BCUT2D eigenvalue weighted by molar-refractivity contribution is 6.35. The van der Waals surface area contributed by atoms with Gasteiger partial charge in [0.25, 0.3) is 0 Å². The van der Waals surface area contributed by atoms with Gasteiger partial charge in [-0.1, -0.05) is 17.7 Å². The zero-order valence-corrected chi connectivity index (χ0v) is 10.3. The van der Waals surface area contributed by atoms with Gasteiger partial charge in [0.2, 0.25) is 5.95 Å². The first-order valence-corrected chi connectivity index (χ1v) is 6.10. The van der Waals surface area contributed by atoms with Crippen molar-refractivity contribution < 1.29 is 4.74 Å². The van der Waals surface area contributed by atoms with Crippen molar-refractivity contribution in [3.05, 3.63) is 23.2 Å². The van der Waals surface area contributed by atoms with Crippen molar-refractivity contribution in [3.8, 4) is 0 Å². The number of fused-ring (bicyclic) bond motifs is 1. The van der Waals surface area contributed by atoms with E-state index in [1.165, 1.54) is 0 Å². The quantitative estimate of drug-likeness (QED) is 0.848. The molecule has 0 saturated carbocycles. The van der Waals surface area contributed by atoms with Gasteiger partial charge in [-0.3, -0.25) is 0 Å². The normalized spacial score (nSPS) is 24.6. The van der Waals surface area contributed by atoms with Crippen LogP contribution in [0.3, 0.4) is 0 Å². The topological polar surface area (TPSA) is 53.1 Å². The van der Waals surface area contributed by atoms with Crippen molar-refractivity contribution >= 4 is 28.6 Å². The lowest BCUT2D eigenvalue weighted by atomic mass is 10.1. The molecular weight excluding hydrogens is 238 g/mol. The molecule has 4 nitrogen and oxygen atoms in total. The third kappa shape index (κ3) is 1.59. The number of imidazole rings is 1. The second-order valence-electron chi connectivity index (χ2n) is 4.38.